The first-order valence-electron chi connectivity index (χ1n) is 9.17. The first-order valence-corrected chi connectivity index (χ1v) is 10.0. The highest BCUT2D eigenvalue weighted by atomic mass is 32.1. The second-order valence-electron chi connectivity index (χ2n) is 6.61. The van der Waals surface area contributed by atoms with Crippen LogP contribution in [0.3, 0.4) is 0 Å². The maximum Gasteiger partial charge on any atom is 0.227 e. The van der Waals surface area contributed by atoms with Crippen molar-refractivity contribution in [1.29, 1.82) is 0 Å². The topological polar surface area (TPSA) is 98.2 Å². The van der Waals surface area contributed by atoms with Crippen molar-refractivity contribution in [2.24, 2.45) is 0 Å². The van der Waals surface area contributed by atoms with Crippen molar-refractivity contribution in [2.75, 3.05) is 6.54 Å². The highest BCUT2D eigenvalue weighted by Crippen LogP contribution is 2.29. The average molecular weight is 387 g/mol. The minimum Gasteiger partial charge on any atom is -0.340 e. The summed E-state index contributed by atoms with van der Waals surface area (Å²) in [7, 11) is 0. The third-order valence-electron chi connectivity index (χ3n) is 4.68. The number of aromatic nitrogens is 4. The van der Waals surface area contributed by atoms with Crippen LogP contribution in [0.5, 0.6) is 0 Å². The van der Waals surface area contributed by atoms with Crippen molar-refractivity contribution >= 4 is 17.2 Å². The molecule has 0 aliphatic carbocycles. The molecule has 1 saturated heterocycles. The lowest BCUT2D eigenvalue weighted by molar-refractivity contribution is -0.133. The number of amides is 1. The molecule has 4 heterocycles. The van der Waals surface area contributed by atoms with Gasteiger partial charge in [-0.1, -0.05) is 29.2 Å². The summed E-state index contributed by atoms with van der Waals surface area (Å²) in [5.41, 5.74) is 0. The highest BCUT2D eigenvalue weighted by molar-refractivity contribution is 7.13. The molecule has 142 valence electrons. The van der Waals surface area contributed by atoms with Gasteiger partial charge in [0.2, 0.25) is 23.5 Å². The summed E-state index contributed by atoms with van der Waals surface area (Å²) in [4.78, 5) is 24.5. The summed E-state index contributed by atoms with van der Waals surface area (Å²) < 4.78 is 10.4. The lowest BCUT2D eigenvalue weighted by atomic mass is 10.1. The van der Waals surface area contributed by atoms with Crippen LogP contribution >= 0.6 is 11.3 Å². The fourth-order valence-corrected chi connectivity index (χ4v) is 3.99. The normalized spacial score (nSPS) is 17.8. The molecule has 0 unspecified atom stereocenters. The molecule has 0 radical (unpaired) electrons. The summed E-state index contributed by atoms with van der Waals surface area (Å²) in [6.45, 7) is 2.47. The van der Waals surface area contributed by atoms with Crippen LogP contribution in [0.1, 0.15) is 55.8 Å². The van der Waals surface area contributed by atoms with Crippen molar-refractivity contribution in [3.63, 3.8) is 0 Å². The SMILES string of the molecule is Cc1nc([C@H]2CCCCCN2C(=O)CCc2nc(-c3cccs3)no2)no1. The van der Waals surface area contributed by atoms with Crippen LogP contribution in [-0.4, -0.2) is 37.6 Å². The number of rotatable bonds is 5. The number of aryl methyl sites for hydroxylation is 2. The molecule has 1 fully saturated rings. The van der Waals surface area contributed by atoms with Gasteiger partial charge in [0, 0.05) is 26.3 Å². The molecular weight excluding hydrogens is 366 g/mol. The van der Waals surface area contributed by atoms with E-state index in [2.05, 4.69) is 20.3 Å². The molecule has 0 bridgehead atoms. The standard InChI is InChI=1S/C18H21N5O3S/c1-12-19-17(21-25-12)13-6-3-2-4-10-23(13)16(24)9-8-15-20-18(22-26-15)14-7-5-11-27-14/h5,7,11,13H,2-4,6,8-10H2,1H3/t13-/m1/s1. The second-order valence-corrected chi connectivity index (χ2v) is 7.56. The zero-order valence-electron chi connectivity index (χ0n) is 15.1. The smallest absolute Gasteiger partial charge is 0.227 e. The fraction of sp³-hybridized carbons (Fsp3) is 0.500. The van der Waals surface area contributed by atoms with E-state index in [1.807, 2.05) is 22.4 Å². The first kappa shape index (κ1) is 17.8. The number of nitrogens with zero attached hydrogens (tertiary/aromatic N) is 5. The predicted octanol–water partition coefficient (Wildman–Crippen LogP) is 3.57. The van der Waals surface area contributed by atoms with Gasteiger partial charge in [0.25, 0.3) is 0 Å². The summed E-state index contributed by atoms with van der Waals surface area (Å²) in [6, 6.07) is 3.76. The van der Waals surface area contributed by atoms with E-state index in [9.17, 15) is 4.79 Å². The molecule has 3 aromatic heterocycles. The van der Waals surface area contributed by atoms with Gasteiger partial charge in [0.05, 0.1) is 10.9 Å². The zero-order valence-corrected chi connectivity index (χ0v) is 15.9. The van der Waals surface area contributed by atoms with E-state index in [1.165, 1.54) is 0 Å². The molecule has 4 rings (SSSR count). The van der Waals surface area contributed by atoms with Gasteiger partial charge < -0.3 is 13.9 Å². The van der Waals surface area contributed by atoms with Crippen LogP contribution in [0.2, 0.25) is 0 Å². The summed E-state index contributed by atoms with van der Waals surface area (Å²) in [5, 5.41) is 10.0. The van der Waals surface area contributed by atoms with Crippen LogP contribution in [0, 0.1) is 6.92 Å². The van der Waals surface area contributed by atoms with Crippen LogP contribution in [0.4, 0.5) is 0 Å². The molecule has 27 heavy (non-hydrogen) atoms. The van der Waals surface area contributed by atoms with Crippen molar-refractivity contribution in [3.05, 3.63) is 35.1 Å². The Hall–Kier alpha value is -2.55. The molecule has 1 atom stereocenters. The van der Waals surface area contributed by atoms with Crippen molar-refractivity contribution < 1.29 is 13.8 Å². The van der Waals surface area contributed by atoms with E-state index < -0.39 is 0 Å². The number of thiophene rings is 1. The van der Waals surface area contributed by atoms with E-state index >= 15 is 0 Å². The van der Waals surface area contributed by atoms with Gasteiger partial charge in [-0.05, 0) is 24.3 Å². The Morgan fingerprint density at radius 2 is 2.19 bits per heavy atom. The molecule has 0 N–H and O–H groups in total. The van der Waals surface area contributed by atoms with E-state index in [1.54, 1.807) is 18.3 Å². The molecule has 9 heteroatoms. The molecule has 8 nitrogen and oxygen atoms in total. The summed E-state index contributed by atoms with van der Waals surface area (Å²) >= 11 is 1.56. The number of hydrogen-bond acceptors (Lipinski definition) is 8. The Morgan fingerprint density at radius 3 is 2.96 bits per heavy atom. The molecule has 1 amide bonds. The highest BCUT2D eigenvalue weighted by Gasteiger charge is 2.30. The van der Waals surface area contributed by atoms with Gasteiger partial charge in [-0.3, -0.25) is 4.79 Å². The number of hydrogen-bond donors (Lipinski definition) is 0. The van der Waals surface area contributed by atoms with Gasteiger partial charge in [0.15, 0.2) is 5.82 Å². The minimum absolute atomic E-state index is 0.0558. The molecule has 0 aromatic carbocycles. The number of carbonyl (C=O) groups excluding carboxylic acids is 1. The number of carbonyl (C=O) groups is 1. The van der Waals surface area contributed by atoms with E-state index in [-0.39, 0.29) is 11.9 Å². The van der Waals surface area contributed by atoms with Gasteiger partial charge in [-0.15, -0.1) is 11.3 Å². The Bertz CT molecular complexity index is 889. The Morgan fingerprint density at radius 1 is 1.26 bits per heavy atom. The van der Waals surface area contributed by atoms with Crippen molar-refractivity contribution in [3.8, 4) is 10.7 Å². The molecule has 3 aromatic rings. The van der Waals surface area contributed by atoms with Crippen LogP contribution < -0.4 is 0 Å². The zero-order chi connectivity index (χ0) is 18.6. The van der Waals surface area contributed by atoms with Gasteiger partial charge >= 0.3 is 0 Å². The average Bonchev–Trinajstić information content (AvgIpc) is 3.39. The summed E-state index contributed by atoms with van der Waals surface area (Å²) in [5.74, 6) is 2.23. The third kappa shape index (κ3) is 4.08. The van der Waals surface area contributed by atoms with Crippen LogP contribution in [0.25, 0.3) is 10.7 Å². The Labute approximate surface area is 160 Å². The maximum atomic E-state index is 12.9. The lowest BCUT2D eigenvalue weighted by Crippen LogP contribution is -2.35. The lowest BCUT2D eigenvalue weighted by Gasteiger charge is -2.27. The molecule has 1 aliphatic rings. The maximum absolute atomic E-state index is 12.9. The monoisotopic (exact) mass is 387 g/mol. The Kier molecular flexibility index (Phi) is 5.28. The van der Waals surface area contributed by atoms with Crippen molar-refractivity contribution in [2.45, 2.75) is 51.5 Å². The molecule has 0 spiro atoms. The van der Waals surface area contributed by atoms with Crippen LogP contribution in [-0.2, 0) is 11.2 Å². The summed E-state index contributed by atoms with van der Waals surface area (Å²) in [6.07, 6.45) is 4.74. The van der Waals surface area contributed by atoms with Gasteiger partial charge in [-0.25, -0.2) is 0 Å². The quantitative estimate of drug-likeness (QED) is 0.660. The third-order valence-corrected chi connectivity index (χ3v) is 5.54. The largest absolute Gasteiger partial charge is 0.340 e. The second kappa shape index (κ2) is 7.99. The van der Waals surface area contributed by atoms with Crippen LogP contribution in [0.15, 0.2) is 26.6 Å². The van der Waals surface area contributed by atoms with Crippen molar-refractivity contribution in [1.82, 2.24) is 25.2 Å². The van der Waals surface area contributed by atoms with Gasteiger partial charge in [-0.2, -0.15) is 9.97 Å². The van der Waals surface area contributed by atoms with Gasteiger partial charge in [0.1, 0.15) is 0 Å². The number of likely N-dealkylation sites (tertiary alicyclic amines) is 1. The first-order chi connectivity index (χ1) is 13.2. The molecular formula is C18H21N5O3S. The predicted molar refractivity (Wildman–Crippen MR) is 97.9 cm³/mol. The fourth-order valence-electron chi connectivity index (χ4n) is 3.35. The minimum atomic E-state index is -0.123. The van der Waals surface area contributed by atoms with E-state index in [4.69, 9.17) is 9.05 Å². The Balaban J connectivity index is 1.42. The van der Waals surface area contributed by atoms with E-state index in [0.717, 1.165) is 30.6 Å². The molecule has 0 saturated carbocycles. The van der Waals surface area contributed by atoms with E-state index in [0.29, 0.717) is 42.8 Å². The molecule has 1 aliphatic heterocycles.